The molecule has 0 radical (unpaired) electrons. The van der Waals surface area contributed by atoms with Crippen molar-refractivity contribution < 1.29 is 69.2 Å². The van der Waals surface area contributed by atoms with Gasteiger partial charge in [-0.1, -0.05) is 130 Å². The van der Waals surface area contributed by atoms with Gasteiger partial charge < -0.3 is 41.0 Å². The second-order valence-electron chi connectivity index (χ2n) is 18.2. The van der Waals surface area contributed by atoms with Crippen molar-refractivity contribution in [2.24, 2.45) is 11.5 Å². The number of hydrogen-bond donors (Lipinski definition) is 8. The fourth-order valence-corrected chi connectivity index (χ4v) is 11.3. The zero-order valence-corrected chi connectivity index (χ0v) is 48.2. The van der Waals surface area contributed by atoms with Gasteiger partial charge in [-0.2, -0.15) is 0 Å². The van der Waals surface area contributed by atoms with E-state index >= 15 is 0 Å². The lowest BCUT2D eigenvalue weighted by molar-refractivity contribution is 0.102. The van der Waals surface area contributed by atoms with E-state index in [1.54, 1.807) is 72.8 Å². The number of benzene rings is 6. The summed E-state index contributed by atoms with van der Waals surface area (Å²) in [5.41, 5.74) is 14.4. The maximum absolute atomic E-state index is 12.8. The average Bonchev–Trinajstić information content (AvgIpc) is 3.43. The predicted molar refractivity (Wildman–Crippen MR) is 312 cm³/mol. The lowest BCUT2D eigenvalue weighted by atomic mass is 10.0. The number of nitrogens with one attached hydrogen (secondary N) is 3. The molecule has 20 nitrogen and oxygen atoms in total. The van der Waals surface area contributed by atoms with Crippen LogP contribution in [0.1, 0.15) is 117 Å². The SMILES string of the molecule is C.CCCCCCCNS(=O)(=O)c1cc(C(=O)c2ccc(C)cc2)c(O)cc1OC.COc1cc(O)c(C(=O)c2ccc(C)cc2)cc1S(=O)(=O)NCCCN.COc1cc(O)c(C(=O)c2ccc(C)cc2)cc1S(=O)(=O)NCCN. The van der Waals surface area contributed by atoms with Gasteiger partial charge >= 0.3 is 0 Å². The van der Waals surface area contributed by atoms with E-state index in [1.807, 2.05) is 20.8 Å². The first-order valence-corrected chi connectivity index (χ1v) is 29.8. The second-order valence-corrected chi connectivity index (χ2v) is 23.4. The molecule has 440 valence electrons. The van der Waals surface area contributed by atoms with E-state index in [9.17, 15) is 55.0 Å². The van der Waals surface area contributed by atoms with Crippen LogP contribution < -0.4 is 39.8 Å². The average molecular weight is 1180 g/mol. The van der Waals surface area contributed by atoms with Gasteiger partial charge in [0.2, 0.25) is 30.1 Å². The lowest BCUT2D eigenvalue weighted by Crippen LogP contribution is -2.29. The number of rotatable bonds is 26. The van der Waals surface area contributed by atoms with Crippen molar-refractivity contribution in [3.8, 4) is 34.5 Å². The Balaban J connectivity index is 0.000000318. The maximum atomic E-state index is 12.8. The quantitative estimate of drug-likeness (QED) is 0.0192. The molecular formula is C58H75N5O15S3. The van der Waals surface area contributed by atoms with E-state index in [4.69, 9.17) is 25.7 Å². The number of phenols is 3. The monoisotopic (exact) mass is 1180 g/mol. The van der Waals surface area contributed by atoms with Crippen LogP contribution in [0.25, 0.3) is 0 Å². The molecule has 0 bridgehead atoms. The summed E-state index contributed by atoms with van der Waals surface area (Å²) in [6, 6.07) is 27.2. The van der Waals surface area contributed by atoms with E-state index in [-0.39, 0.29) is 92.9 Å². The highest BCUT2D eigenvalue weighted by atomic mass is 32.2. The molecule has 23 heteroatoms. The smallest absolute Gasteiger partial charge is 0.244 e. The third kappa shape index (κ3) is 18.9. The zero-order chi connectivity index (χ0) is 59.4. The summed E-state index contributed by atoms with van der Waals surface area (Å²) >= 11 is 0. The number of aryl methyl sites for hydroxylation is 3. The molecule has 0 atom stereocenters. The number of sulfonamides is 3. The molecule has 0 aliphatic heterocycles. The topological polar surface area (TPSA) is 330 Å². The standard InChI is InChI=1S/C22H29NO5S.C18H22N2O5S.C17H20N2O5S.CH4/c1-4-5-6-7-8-13-23-29(26,27)21-14-18(19(24)15-20(21)28-3)22(25)17-11-9-16(2)10-12-17;1-12-4-6-13(7-5-12)18(22)14-10-17(16(25-2)11-15(14)21)26(23,24)20-9-3-8-19;1-11-3-5-12(6-4-11)17(21)13-9-16(15(24-2)10-14(13)20)25(22,23)19-8-7-18;/h9-12,14-15,23-24H,4-8,13H2,1-3H3;4-7,10-11,20-21H,3,8-9,19H2,1-2H3;3-6,9-10,19-20H,7-8,18H2,1-2H3;1H4. The van der Waals surface area contributed by atoms with Crippen LogP contribution in [-0.4, -0.2) is 112 Å². The molecule has 81 heavy (non-hydrogen) atoms. The van der Waals surface area contributed by atoms with Gasteiger partial charge in [0.15, 0.2) is 17.3 Å². The van der Waals surface area contributed by atoms with Crippen LogP contribution in [0.4, 0.5) is 0 Å². The third-order valence-electron chi connectivity index (χ3n) is 12.1. The minimum atomic E-state index is -3.95. The Kier molecular flexibility index (Phi) is 26.6. The van der Waals surface area contributed by atoms with Crippen molar-refractivity contribution in [3.63, 3.8) is 0 Å². The van der Waals surface area contributed by atoms with Crippen LogP contribution in [0, 0.1) is 20.8 Å². The first-order valence-electron chi connectivity index (χ1n) is 25.4. The van der Waals surface area contributed by atoms with E-state index in [0.717, 1.165) is 79.1 Å². The molecule has 0 aliphatic rings. The van der Waals surface area contributed by atoms with E-state index in [1.165, 1.54) is 27.4 Å². The van der Waals surface area contributed by atoms with Gasteiger partial charge in [0.1, 0.15) is 49.2 Å². The fourth-order valence-electron chi connectivity index (χ4n) is 7.55. The second kappa shape index (κ2) is 31.7. The number of aromatic hydroxyl groups is 3. The minimum Gasteiger partial charge on any atom is -0.507 e. The highest BCUT2D eigenvalue weighted by Crippen LogP contribution is 2.36. The number of hydrogen-bond acceptors (Lipinski definition) is 17. The van der Waals surface area contributed by atoms with Crippen LogP contribution in [0.2, 0.25) is 0 Å². The number of ether oxygens (including phenoxy) is 3. The molecule has 0 heterocycles. The molecule has 6 aromatic carbocycles. The van der Waals surface area contributed by atoms with Gasteiger partial charge in [-0.3, -0.25) is 14.4 Å². The van der Waals surface area contributed by atoms with Gasteiger partial charge in [0.05, 0.1) is 38.0 Å². The Morgan fingerprint density at radius 3 is 0.988 bits per heavy atom. The first-order chi connectivity index (χ1) is 37.9. The number of ketones is 3. The summed E-state index contributed by atoms with van der Waals surface area (Å²) < 4.78 is 97.9. The number of nitrogens with two attached hydrogens (primary N) is 2. The highest BCUT2D eigenvalue weighted by Gasteiger charge is 2.28. The van der Waals surface area contributed by atoms with Gasteiger partial charge in [-0.05, 0) is 58.4 Å². The molecule has 0 amide bonds. The minimum absolute atomic E-state index is 0. The molecule has 0 fully saturated rings. The van der Waals surface area contributed by atoms with Gasteiger partial charge in [-0.25, -0.2) is 39.4 Å². The Bertz CT molecular complexity index is 3430. The lowest BCUT2D eigenvalue weighted by Gasteiger charge is -2.14. The van der Waals surface area contributed by atoms with Gasteiger partial charge in [0.25, 0.3) is 0 Å². The Hall–Kier alpha value is -7.22. The van der Waals surface area contributed by atoms with E-state index < -0.39 is 47.4 Å². The molecule has 0 aromatic heterocycles. The van der Waals surface area contributed by atoms with Gasteiger partial charge in [-0.15, -0.1) is 0 Å². The molecule has 0 saturated heterocycles. The van der Waals surface area contributed by atoms with Crippen LogP contribution in [0.5, 0.6) is 34.5 Å². The molecule has 10 N–H and O–H groups in total. The zero-order valence-electron chi connectivity index (χ0n) is 45.8. The normalized spacial score (nSPS) is 11.2. The van der Waals surface area contributed by atoms with E-state index in [0.29, 0.717) is 36.2 Å². The van der Waals surface area contributed by atoms with E-state index in [2.05, 4.69) is 21.1 Å². The molecule has 0 unspecified atom stereocenters. The van der Waals surface area contributed by atoms with Crippen LogP contribution in [-0.2, 0) is 30.1 Å². The van der Waals surface area contributed by atoms with Crippen molar-refractivity contribution >= 4 is 47.4 Å². The summed E-state index contributed by atoms with van der Waals surface area (Å²) in [6.45, 7) is 8.74. The van der Waals surface area contributed by atoms with Crippen molar-refractivity contribution in [2.45, 2.75) is 88.3 Å². The predicted octanol–water partition coefficient (Wildman–Crippen LogP) is 7.57. The first kappa shape index (κ1) is 68.1. The van der Waals surface area contributed by atoms with Crippen molar-refractivity contribution in [1.82, 2.24) is 14.2 Å². The largest absolute Gasteiger partial charge is 0.507 e. The summed E-state index contributed by atoms with van der Waals surface area (Å²) in [4.78, 5) is 37.5. The van der Waals surface area contributed by atoms with Crippen LogP contribution in [0.15, 0.2) is 124 Å². The number of unbranched alkanes of at least 4 members (excludes halogenated alkanes) is 4. The highest BCUT2D eigenvalue weighted by molar-refractivity contribution is 7.90. The fraction of sp³-hybridized carbons (Fsp3) is 0.328. The molecule has 0 spiro atoms. The molecular weight excluding hydrogens is 1100 g/mol. The third-order valence-corrected chi connectivity index (χ3v) is 16.5. The summed E-state index contributed by atoms with van der Waals surface area (Å²) in [6.07, 6.45) is 5.46. The Morgan fingerprint density at radius 2 is 0.716 bits per heavy atom. The Morgan fingerprint density at radius 1 is 0.432 bits per heavy atom. The van der Waals surface area contributed by atoms with Crippen molar-refractivity contribution in [1.29, 1.82) is 0 Å². The van der Waals surface area contributed by atoms with Crippen molar-refractivity contribution in [3.05, 3.63) is 159 Å². The maximum Gasteiger partial charge on any atom is 0.244 e. The number of phenolic OH excluding ortho intramolecular Hbond substituents is 3. The van der Waals surface area contributed by atoms with Gasteiger partial charge in [0, 0.05) is 61.1 Å². The summed E-state index contributed by atoms with van der Waals surface area (Å²) in [5.74, 6) is -2.60. The number of carbonyl (C=O) groups is 3. The number of methoxy groups -OCH3 is 3. The van der Waals surface area contributed by atoms with Crippen LogP contribution in [0.3, 0.4) is 0 Å². The molecule has 0 saturated carbocycles. The number of carbonyl (C=O) groups excluding carboxylic acids is 3. The summed E-state index contributed by atoms with van der Waals surface area (Å²) in [7, 11) is -7.89. The molecule has 0 aliphatic carbocycles. The molecule has 6 rings (SSSR count). The van der Waals surface area contributed by atoms with Crippen LogP contribution >= 0.6 is 0 Å². The molecule has 6 aromatic rings. The summed E-state index contributed by atoms with van der Waals surface area (Å²) in [5, 5.41) is 30.6. The van der Waals surface area contributed by atoms with Crippen molar-refractivity contribution in [2.75, 3.05) is 54.1 Å². The Labute approximate surface area is 476 Å².